The lowest BCUT2D eigenvalue weighted by Crippen LogP contribution is -2.13. The van der Waals surface area contributed by atoms with Crippen molar-refractivity contribution in [3.8, 4) is 5.75 Å². The van der Waals surface area contributed by atoms with Gasteiger partial charge in [-0.05, 0) is 24.1 Å². The van der Waals surface area contributed by atoms with Gasteiger partial charge in [-0.3, -0.25) is 4.79 Å². The van der Waals surface area contributed by atoms with E-state index in [-0.39, 0.29) is 6.61 Å². The van der Waals surface area contributed by atoms with Crippen LogP contribution in [0.1, 0.15) is 12.5 Å². The van der Waals surface area contributed by atoms with Gasteiger partial charge in [0.2, 0.25) is 0 Å². The Morgan fingerprint density at radius 1 is 1.28 bits per heavy atom. The quantitative estimate of drug-likeness (QED) is 0.777. The van der Waals surface area contributed by atoms with E-state index in [2.05, 4.69) is 4.74 Å². The minimum Gasteiger partial charge on any atom is -0.482 e. The van der Waals surface area contributed by atoms with Crippen LogP contribution in [0.15, 0.2) is 24.3 Å². The molecule has 0 amide bonds. The summed E-state index contributed by atoms with van der Waals surface area (Å²) < 4.78 is 9.62. The van der Waals surface area contributed by atoms with Crippen molar-refractivity contribution in [1.29, 1.82) is 0 Å². The second kappa shape index (κ2) is 6.64. The van der Waals surface area contributed by atoms with E-state index in [1.807, 2.05) is 0 Å². The highest BCUT2D eigenvalue weighted by Crippen LogP contribution is 2.15. The number of ether oxygens (including phenoxy) is 2. The second-order valence-electron chi connectivity index (χ2n) is 3.95. The summed E-state index contributed by atoms with van der Waals surface area (Å²) >= 11 is 0. The van der Waals surface area contributed by atoms with Gasteiger partial charge in [-0.15, -0.1) is 0 Å². The third kappa shape index (κ3) is 4.45. The first kappa shape index (κ1) is 14.0. The maximum absolute atomic E-state index is 10.9. The molecule has 0 aromatic heterocycles. The molecule has 1 N–H and O–H groups in total. The van der Waals surface area contributed by atoms with Gasteiger partial charge in [0.25, 0.3) is 0 Å². The normalized spacial score (nSPS) is 11.7. The predicted octanol–water partition coefficient (Wildman–Crippen LogP) is 1.50. The van der Waals surface area contributed by atoms with E-state index in [4.69, 9.17) is 9.84 Å². The van der Waals surface area contributed by atoms with Crippen molar-refractivity contribution in [1.82, 2.24) is 0 Å². The van der Waals surface area contributed by atoms with Crippen molar-refractivity contribution >= 4 is 11.9 Å². The van der Waals surface area contributed by atoms with Crippen LogP contribution in [0.25, 0.3) is 0 Å². The first-order valence-electron chi connectivity index (χ1n) is 5.54. The first-order valence-corrected chi connectivity index (χ1v) is 5.54. The molecular formula is C13H16O5. The number of hydrogen-bond donors (Lipinski definition) is 1. The Morgan fingerprint density at radius 3 is 2.39 bits per heavy atom. The van der Waals surface area contributed by atoms with Crippen LogP contribution < -0.4 is 4.74 Å². The fraction of sp³-hybridized carbons (Fsp3) is 0.385. The van der Waals surface area contributed by atoms with Crippen LogP contribution in [0, 0.1) is 5.92 Å². The number of benzene rings is 1. The highest BCUT2D eigenvalue weighted by molar-refractivity contribution is 5.71. The minimum absolute atomic E-state index is 0.138. The van der Waals surface area contributed by atoms with Crippen LogP contribution in [-0.4, -0.2) is 30.8 Å². The second-order valence-corrected chi connectivity index (χ2v) is 3.95. The number of rotatable bonds is 6. The summed E-state index contributed by atoms with van der Waals surface area (Å²) in [5.74, 6) is -1.14. The van der Waals surface area contributed by atoms with E-state index >= 15 is 0 Å². The largest absolute Gasteiger partial charge is 0.482 e. The molecule has 0 aliphatic rings. The van der Waals surface area contributed by atoms with Gasteiger partial charge in [0.05, 0.1) is 13.0 Å². The lowest BCUT2D eigenvalue weighted by Gasteiger charge is -2.08. The van der Waals surface area contributed by atoms with Crippen LogP contribution in [0.5, 0.6) is 5.75 Å². The molecule has 0 radical (unpaired) electrons. The molecular weight excluding hydrogens is 236 g/mol. The minimum atomic E-state index is -0.819. The van der Waals surface area contributed by atoms with Crippen molar-refractivity contribution in [2.75, 3.05) is 13.7 Å². The third-order valence-corrected chi connectivity index (χ3v) is 2.47. The molecule has 1 aromatic carbocycles. The average Bonchev–Trinajstić information content (AvgIpc) is 2.37. The maximum Gasteiger partial charge on any atom is 0.343 e. The number of aliphatic carboxylic acids is 1. The van der Waals surface area contributed by atoms with Crippen LogP contribution in [0.2, 0.25) is 0 Å². The topological polar surface area (TPSA) is 72.8 Å². The number of carboxylic acids is 1. The SMILES string of the molecule is COC(=O)COc1ccc(CC(C)C(=O)O)cc1. The Bertz CT molecular complexity index is 410. The van der Waals surface area contributed by atoms with Gasteiger partial charge in [-0.2, -0.15) is 0 Å². The lowest BCUT2D eigenvalue weighted by molar-refractivity contribution is -0.143. The molecule has 5 heteroatoms. The number of carboxylic acid groups (broad SMARTS) is 1. The van der Waals surface area contributed by atoms with Crippen LogP contribution >= 0.6 is 0 Å². The first-order chi connectivity index (χ1) is 8.52. The van der Waals surface area contributed by atoms with Gasteiger partial charge in [-0.25, -0.2) is 4.79 Å². The molecule has 0 spiro atoms. The zero-order chi connectivity index (χ0) is 13.5. The van der Waals surface area contributed by atoms with E-state index in [1.54, 1.807) is 31.2 Å². The van der Waals surface area contributed by atoms with Crippen molar-refractivity contribution in [3.63, 3.8) is 0 Å². The molecule has 1 aromatic rings. The molecule has 0 bridgehead atoms. The summed E-state index contributed by atoms with van der Waals surface area (Å²) in [5.41, 5.74) is 0.912. The van der Waals surface area contributed by atoms with Gasteiger partial charge in [-0.1, -0.05) is 19.1 Å². The molecule has 0 fully saturated rings. The van der Waals surface area contributed by atoms with E-state index < -0.39 is 17.9 Å². The summed E-state index contributed by atoms with van der Waals surface area (Å²) in [5, 5.41) is 8.79. The van der Waals surface area contributed by atoms with Crippen molar-refractivity contribution in [2.24, 2.45) is 5.92 Å². The van der Waals surface area contributed by atoms with E-state index in [0.29, 0.717) is 12.2 Å². The molecule has 1 rings (SSSR count). The van der Waals surface area contributed by atoms with Crippen molar-refractivity contribution in [3.05, 3.63) is 29.8 Å². The number of carbonyl (C=O) groups is 2. The monoisotopic (exact) mass is 252 g/mol. The molecule has 0 aliphatic heterocycles. The predicted molar refractivity (Wildman–Crippen MR) is 64.5 cm³/mol. The fourth-order valence-electron chi connectivity index (χ4n) is 1.36. The number of carbonyl (C=O) groups excluding carboxylic acids is 1. The Morgan fingerprint density at radius 2 is 1.89 bits per heavy atom. The molecule has 98 valence electrons. The Hall–Kier alpha value is -2.04. The molecule has 0 aliphatic carbocycles. The van der Waals surface area contributed by atoms with E-state index in [0.717, 1.165) is 5.56 Å². The van der Waals surface area contributed by atoms with Crippen LogP contribution in [-0.2, 0) is 20.7 Å². The number of esters is 1. The number of methoxy groups -OCH3 is 1. The smallest absolute Gasteiger partial charge is 0.343 e. The summed E-state index contributed by atoms with van der Waals surface area (Å²) in [6.07, 6.45) is 0.465. The van der Waals surface area contributed by atoms with Gasteiger partial charge < -0.3 is 14.6 Å². The standard InChI is InChI=1S/C13H16O5/c1-9(13(15)16)7-10-3-5-11(6-4-10)18-8-12(14)17-2/h3-6,9H,7-8H2,1-2H3,(H,15,16). The Balaban J connectivity index is 2.52. The van der Waals surface area contributed by atoms with Crippen LogP contribution in [0.4, 0.5) is 0 Å². The molecule has 0 saturated heterocycles. The van der Waals surface area contributed by atoms with Crippen LogP contribution in [0.3, 0.4) is 0 Å². The Kier molecular flexibility index (Phi) is 5.17. The highest BCUT2D eigenvalue weighted by atomic mass is 16.6. The molecule has 0 saturated carbocycles. The zero-order valence-electron chi connectivity index (χ0n) is 10.4. The van der Waals surface area contributed by atoms with Gasteiger partial charge >= 0.3 is 11.9 Å². The van der Waals surface area contributed by atoms with E-state index in [9.17, 15) is 9.59 Å². The third-order valence-electron chi connectivity index (χ3n) is 2.47. The highest BCUT2D eigenvalue weighted by Gasteiger charge is 2.11. The zero-order valence-corrected chi connectivity index (χ0v) is 10.4. The summed E-state index contributed by atoms with van der Waals surface area (Å²) in [7, 11) is 1.29. The van der Waals surface area contributed by atoms with Gasteiger partial charge in [0.1, 0.15) is 5.75 Å². The number of hydrogen-bond acceptors (Lipinski definition) is 4. The molecule has 1 atom stereocenters. The lowest BCUT2D eigenvalue weighted by atomic mass is 10.0. The van der Waals surface area contributed by atoms with E-state index in [1.165, 1.54) is 7.11 Å². The summed E-state index contributed by atoms with van der Waals surface area (Å²) in [6.45, 7) is 1.52. The summed E-state index contributed by atoms with van der Waals surface area (Å²) in [4.78, 5) is 21.6. The Labute approximate surface area is 105 Å². The average molecular weight is 252 g/mol. The summed E-state index contributed by atoms with van der Waals surface area (Å²) in [6, 6.07) is 6.97. The van der Waals surface area contributed by atoms with Gasteiger partial charge in [0.15, 0.2) is 6.61 Å². The van der Waals surface area contributed by atoms with Crippen molar-refractivity contribution in [2.45, 2.75) is 13.3 Å². The maximum atomic E-state index is 10.9. The molecule has 1 unspecified atom stereocenters. The fourth-order valence-corrected chi connectivity index (χ4v) is 1.36. The molecule has 0 heterocycles. The van der Waals surface area contributed by atoms with Crippen molar-refractivity contribution < 1.29 is 24.2 Å². The van der Waals surface area contributed by atoms with Gasteiger partial charge in [0, 0.05) is 0 Å². The molecule has 5 nitrogen and oxygen atoms in total. The molecule has 18 heavy (non-hydrogen) atoms.